The van der Waals surface area contributed by atoms with Crippen molar-refractivity contribution in [1.29, 1.82) is 0 Å². The first-order valence-electron chi connectivity index (χ1n) is 13.0. The van der Waals surface area contributed by atoms with Crippen molar-refractivity contribution in [3.63, 3.8) is 0 Å². The second-order valence-corrected chi connectivity index (χ2v) is 9.47. The number of para-hydroxylation sites is 1. The zero-order valence-corrected chi connectivity index (χ0v) is 22.3. The number of nitrogens with zero attached hydrogens (tertiary/aromatic N) is 5. The quantitative estimate of drug-likeness (QED) is 0.531. The fourth-order valence-corrected chi connectivity index (χ4v) is 5.10. The van der Waals surface area contributed by atoms with Crippen molar-refractivity contribution in [1.82, 2.24) is 18.9 Å². The van der Waals surface area contributed by atoms with E-state index in [-0.39, 0.29) is 24.1 Å². The number of rotatable bonds is 5. The Morgan fingerprint density at radius 2 is 1.65 bits per heavy atom. The van der Waals surface area contributed by atoms with E-state index in [1.807, 2.05) is 68.3 Å². The van der Waals surface area contributed by atoms with E-state index in [0.717, 1.165) is 35.2 Å². The van der Waals surface area contributed by atoms with E-state index in [9.17, 15) is 14.4 Å². The molecule has 2 heterocycles. The van der Waals surface area contributed by atoms with E-state index in [0.29, 0.717) is 44.8 Å². The molecule has 2 amide bonds. The molecule has 9 nitrogen and oxygen atoms in total. The van der Waals surface area contributed by atoms with Gasteiger partial charge < -0.3 is 19.4 Å². The van der Waals surface area contributed by atoms with Gasteiger partial charge in [0.15, 0.2) is 0 Å². The summed E-state index contributed by atoms with van der Waals surface area (Å²) in [6.07, 6.45) is 0.813. The highest BCUT2D eigenvalue weighted by Gasteiger charge is 2.24. The zero-order chi connectivity index (χ0) is 26.5. The van der Waals surface area contributed by atoms with E-state index in [1.54, 1.807) is 14.0 Å². The highest BCUT2D eigenvalue weighted by Crippen LogP contribution is 2.25. The number of hydrogen-bond donors (Lipinski definition) is 0. The molecule has 0 aliphatic carbocycles. The molecule has 4 rings (SSSR count). The van der Waals surface area contributed by atoms with Crippen LogP contribution in [0.15, 0.2) is 47.3 Å². The normalized spacial score (nSPS) is 15.5. The first-order valence-corrected chi connectivity index (χ1v) is 13.0. The van der Waals surface area contributed by atoms with Gasteiger partial charge in [0.05, 0.1) is 11.0 Å². The van der Waals surface area contributed by atoms with Gasteiger partial charge >= 0.3 is 5.69 Å². The van der Waals surface area contributed by atoms with Gasteiger partial charge in [-0.05, 0) is 63.7 Å². The van der Waals surface area contributed by atoms with E-state index in [1.165, 1.54) is 7.11 Å². The molecule has 1 aliphatic heterocycles. The molecular weight excluding hydrogens is 470 g/mol. The fourth-order valence-electron chi connectivity index (χ4n) is 5.10. The summed E-state index contributed by atoms with van der Waals surface area (Å²) in [6.45, 7) is 8.01. The molecule has 2 aromatic carbocycles. The summed E-state index contributed by atoms with van der Waals surface area (Å²) in [7, 11) is 3.56. The number of aromatic nitrogens is 2. The van der Waals surface area contributed by atoms with Crippen LogP contribution in [0, 0.1) is 0 Å². The lowest BCUT2D eigenvalue weighted by atomic mass is 10.1. The lowest BCUT2D eigenvalue weighted by Gasteiger charge is -2.28. The Labute approximate surface area is 217 Å². The Bertz CT molecular complexity index is 1330. The summed E-state index contributed by atoms with van der Waals surface area (Å²) < 4.78 is 8.59. The second kappa shape index (κ2) is 11.7. The lowest BCUT2D eigenvalue weighted by Crippen LogP contribution is -2.37. The summed E-state index contributed by atoms with van der Waals surface area (Å²) in [5, 5.41) is 0. The number of amides is 2. The molecule has 0 saturated carbocycles. The Balaban J connectivity index is 1.73. The van der Waals surface area contributed by atoms with Crippen molar-refractivity contribution in [2.24, 2.45) is 0 Å². The van der Waals surface area contributed by atoms with Gasteiger partial charge in [0.2, 0.25) is 0 Å². The van der Waals surface area contributed by atoms with Crippen molar-refractivity contribution in [2.45, 2.75) is 39.9 Å². The smallest absolute Gasteiger partial charge is 0.329 e. The van der Waals surface area contributed by atoms with Crippen LogP contribution in [0.1, 0.15) is 36.2 Å². The average molecular weight is 508 g/mol. The Morgan fingerprint density at radius 1 is 0.919 bits per heavy atom. The molecule has 0 unspecified atom stereocenters. The van der Waals surface area contributed by atoms with Crippen molar-refractivity contribution in [3.8, 4) is 0 Å². The van der Waals surface area contributed by atoms with Gasteiger partial charge in [0.1, 0.15) is 6.61 Å². The average Bonchev–Trinajstić information content (AvgIpc) is 3.16. The zero-order valence-electron chi connectivity index (χ0n) is 22.3. The molecule has 0 atom stereocenters. The number of ether oxygens (including phenoxy) is 1. The summed E-state index contributed by atoms with van der Waals surface area (Å²) in [6, 6.07) is 13.3. The number of carbonyl (C=O) groups excluding carboxylic acids is 2. The number of fused-ring (bicyclic) bond motifs is 2. The molecule has 37 heavy (non-hydrogen) atoms. The number of aryl methyl sites for hydroxylation is 2. The van der Waals surface area contributed by atoms with E-state index in [4.69, 9.17) is 4.74 Å². The molecule has 0 radical (unpaired) electrons. The molecule has 0 saturated heterocycles. The predicted octanol–water partition coefficient (Wildman–Crippen LogP) is 2.80. The first kappa shape index (κ1) is 26.6. The predicted molar refractivity (Wildman–Crippen MR) is 145 cm³/mol. The molecule has 0 N–H and O–H groups in total. The van der Waals surface area contributed by atoms with Gasteiger partial charge in [-0.25, -0.2) is 4.79 Å². The molecular formula is C28H37N5O4. The van der Waals surface area contributed by atoms with Crippen LogP contribution in [0.4, 0.5) is 5.69 Å². The van der Waals surface area contributed by atoms with Crippen LogP contribution in [-0.4, -0.2) is 77.7 Å². The fraction of sp³-hybridized carbons (Fsp3) is 0.464. The van der Waals surface area contributed by atoms with Gasteiger partial charge in [0.25, 0.3) is 11.8 Å². The van der Waals surface area contributed by atoms with Gasteiger partial charge in [-0.3, -0.25) is 18.7 Å². The Morgan fingerprint density at radius 3 is 2.38 bits per heavy atom. The van der Waals surface area contributed by atoms with E-state index in [2.05, 4.69) is 4.90 Å². The minimum Gasteiger partial charge on any atom is -0.375 e. The number of benzene rings is 2. The van der Waals surface area contributed by atoms with Crippen LogP contribution in [0.3, 0.4) is 0 Å². The maximum absolute atomic E-state index is 13.9. The van der Waals surface area contributed by atoms with Crippen molar-refractivity contribution < 1.29 is 14.3 Å². The highest BCUT2D eigenvalue weighted by atomic mass is 16.5. The van der Waals surface area contributed by atoms with Gasteiger partial charge in [0, 0.05) is 57.6 Å². The minimum absolute atomic E-state index is 0.00334. The van der Waals surface area contributed by atoms with Gasteiger partial charge in [-0.2, -0.15) is 0 Å². The second-order valence-electron chi connectivity index (χ2n) is 9.47. The van der Waals surface area contributed by atoms with Crippen LogP contribution in [0.5, 0.6) is 0 Å². The number of methoxy groups -OCH3 is 1. The Kier molecular flexibility index (Phi) is 8.45. The molecule has 0 fully saturated rings. The van der Waals surface area contributed by atoms with Crippen LogP contribution >= 0.6 is 0 Å². The molecule has 1 aliphatic rings. The van der Waals surface area contributed by atoms with Gasteiger partial charge in [-0.15, -0.1) is 0 Å². The number of likely N-dealkylation sites (N-methyl/N-ethyl adjacent to an activating group) is 1. The molecule has 9 heteroatoms. The van der Waals surface area contributed by atoms with Gasteiger partial charge in [-0.1, -0.05) is 18.2 Å². The maximum atomic E-state index is 13.9. The van der Waals surface area contributed by atoms with Crippen LogP contribution < -0.4 is 10.6 Å². The third kappa shape index (κ3) is 5.47. The Hall–Kier alpha value is -3.43. The highest BCUT2D eigenvalue weighted by molar-refractivity contribution is 5.98. The SMILES string of the molecule is CCn1c(=O)n(CC)c2cc(C(=O)N3CCN(C)CCCN(C(=O)COC)c4ccccc4C3)ccc21. The standard InChI is InChI=1S/C28H37N5O4/c1-5-31-24-13-12-21(18-25(24)32(6-2)28(31)36)27(35)30-17-16-29(3)14-9-15-33(26(34)20-37-4)23-11-8-7-10-22(23)19-30/h7-8,10-13,18H,5-6,9,14-17,19-20H2,1-4H3. The van der Waals surface area contributed by atoms with E-state index >= 15 is 0 Å². The number of hydrogen-bond acceptors (Lipinski definition) is 5. The molecule has 0 bridgehead atoms. The minimum atomic E-state index is -0.0989. The largest absolute Gasteiger partial charge is 0.375 e. The summed E-state index contributed by atoms with van der Waals surface area (Å²) in [5.41, 5.74) is 3.81. The maximum Gasteiger partial charge on any atom is 0.329 e. The number of anilines is 1. The summed E-state index contributed by atoms with van der Waals surface area (Å²) >= 11 is 0. The number of imidazole rings is 1. The van der Waals surface area contributed by atoms with Crippen molar-refractivity contribution in [3.05, 3.63) is 64.1 Å². The van der Waals surface area contributed by atoms with Crippen LogP contribution in [0.2, 0.25) is 0 Å². The van der Waals surface area contributed by atoms with Crippen molar-refractivity contribution >= 4 is 28.5 Å². The molecule has 0 spiro atoms. The summed E-state index contributed by atoms with van der Waals surface area (Å²) in [5.74, 6) is -0.198. The van der Waals surface area contributed by atoms with Crippen LogP contribution in [-0.2, 0) is 29.2 Å². The van der Waals surface area contributed by atoms with Crippen molar-refractivity contribution in [2.75, 3.05) is 51.8 Å². The summed E-state index contributed by atoms with van der Waals surface area (Å²) in [4.78, 5) is 45.5. The molecule has 3 aromatic rings. The van der Waals surface area contributed by atoms with Crippen LogP contribution in [0.25, 0.3) is 11.0 Å². The first-order chi connectivity index (χ1) is 17.9. The number of carbonyl (C=O) groups is 2. The monoisotopic (exact) mass is 507 g/mol. The lowest BCUT2D eigenvalue weighted by molar-refractivity contribution is -0.122. The third-order valence-corrected chi connectivity index (χ3v) is 7.07. The van der Waals surface area contributed by atoms with E-state index < -0.39 is 0 Å². The topological polar surface area (TPSA) is 80.0 Å². The third-order valence-electron chi connectivity index (χ3n) is 7.07. The molecule has 198 valence electrons. The molecule has 1 aromatic heterocycles.